The lowest BCUT2D eigenvalue weighted by atomic mass is 9.84. The first-order valence-corrected chi connectivity index (χ1v) is 11.2. The molecule has 0 bridgehead atoms. The van der Waals surface area contributed by atoms with Crippen LogP contribution in [0, 0.1) is 17.2 Å². The normalized spacial score (nSPS) is 17.7. The van der Waals surface area contributed by atoms with Crippen LogP contribution in [0.3, 0.4) is 0 Å². The van der Waals surface area contributed by atoms with Crippen LogP contribution in [0.15, 0.2) is 30.6 Å². The summed E-state index contributed by atoms with van der Waals surface area (Å²) in [5.41, 5.74) is 1.66. The molecule has 174 valence electrons. The van der Waals surface area contributed by atoms with E-state index in [2.05, 4.69) is 25.9 Å². The van der Waals surface area contributed by atoms with Gasteiger partial charge in [-0.15, -0.1) is 0 Å². The zero-order valence-electron chi connectivity index (χ0n) is 19.6. The van der Waals surface area contributed by atoms with Gasteiger partial charge in [-0.3, -0.25) is 9.59 Å². The largest absolute Gasteiger partial charge is 0.382 e. The summed E-state index contributed by atoms with van der Waals surface area (Å²) in [5.74, 6) is 1.10. The molecule has 1 saturated carbocycles. The second-order valence-corrected chi connectivity index (χ2v) is 8.62. The Labute approximate surface area is 194 Å². The van der Waals surface area contributed by atoms with Crippen molar-refractivity contribution in [2.24, 2.45) is 5.92 Å². The van der Waals surface area contributed by atoms with Crippen molar-refractivity contribution in [3.05, 3.63) is 41.7 Å². The molecule has 1 aliphatic rings. The molecule has 1 aliphatic carbocycles. The Hall–Kier alpha value is -3.67. The molecule has 33 heavy (non-hydrogen) atoms. The summed E-state index contributed by atoms with van der Waals surface area (Å²) in [7, 11) is 3.48. The lowest BCUT2D eigenvalue weighted by Gasteiger charge is -2.34. The number of nitrogens with one attached hydrogen (secondary N) is 3. The average molecular weight is 450 g/mol. The first-order valence-electron chi connectivity index (χ1n) is 11.2. The molecule has 2 heterocycles. The molecule has 9 nitrogen and oxygen atoms in total. The van der Waals surface area contributed by atoms with Gasteiger partial charge in [0.05, 0.1) is 16.8 Å². The average Bonchev–Trinajstić information content (AvgIpc) is 2.83. The van der Waals surface area contributed by atoms with E-state index in [1.54, 1.807) is 36.3 Å². The van der Waals surface area contributed by atoms with E-state index in [4.69, 9.17) is 5.26 Å². The standard InChI is InChI=1S/C24H31N7O2/c1-15(2)29-20-11-22(30-21-10-5-16(12-25)13-27-21)28-14-19(20)24(33)31(4)18-8-6-17(7-9-18)23(32)26-3/h5,10-11,13-15,17-18H,6-9H2,1-4H3,(H,26,32)(H2,27,28,29,30). The Morgan fingerprint density at radius 1 is 1.12 bits per heavy atom. The lowest BCUT2D eigenvalue weighted by molar-refractivity contribution is -0.125. The predicted molar refractivity (Wildman–Crippen MR) is 127 cm³/mol. The molecule has 0 aliphatic heterocycles. The Morgan fingerprint density at radius 3 is 2.39 bits per heavy atom. The van der Waals surface area contributed by atoms with Crippen LogP contribution in [0.25, 0.3) is 0 Å². The van der Waals surface area contributed by atoms with Gasteiger partial charge in [0.15, 0.2) is 0 Å². The van der Waals surface area contributed by atoms with Crippen LogP contribution >= 0.6 is 0 Å². The molecule has 0 unspecified atom stereocenters. The zero-order chi connectivity index (χ0) is 24.0. The number of aromatic nitrogens is 2. The number of rotatable bonds is 7. The monoisotopic (exact) mass is 449 g/mol. The number of carbonyl (C=O) groups excluding carboxylic acids is 2. The van der Waals surface area contributed by atoms with Gasteiger partial charge in [-0.05, 0) is 51.7 Å². The van der Waals surface area contributed by atoms with Gasteiger partial charge in [0.1, 0.15) is 17.7 Å². The van der Waals surface area contributed by atoms with E-state index in [1.165, 1.54) is 6.20 Å². The quantitative estimate of drug-likeness (QED) is 0.593. The maximum absolute atomic E-state index is 13.4. The molecule has 0 saturated heterocycles. The minimum Gasteiger partial charge on any atom is -0.382 e. The van der Waals surface area contributed by atoms with Gasteiger partial charge in [-0.1, -0.05) is 0 Å². The topological polar surface area (TPSA) is 123 Å². The van der Waals surface area contributed by atoms with Gasteiger partial charge in [-0.25, -0.2) is 9.97 Å². The predicted octanol–water partition coefficient (Wildman–Crippen LogP) is 3.29. The van der Waals surface area contributed by atoms with Gasteiger partial charge < -0.3 is 20.9 Å². The fraction of sp³-hybridized carbons (Fsp3) is 0.458. The maximum atomic E-state index is 13.4. The van der Waals surface area contributed by atoms with E-state index < -0.39 is 0 Å². The maximum Gasteiger partial charge on any atom is 0.257 e. The fourth-order valence-corrected chi connectivity index (χ4v) is 4.07. The Morgan fingerprint density at radius 2 is 1.82 bits per heavy atom. The summed E-state index contributed by atoms with van der Waals surface area (Å²) in [6.45, 7) is 4.02. The van der Waals surface area contributed by atoms with Crippen LogP contribution in [-0.2, 0) is 4.79 Å². The summed E-state index contributed by atoms with van der Waals surface area (Å²) in [5, 5.41) is 18.1. The number of pyridine rings is 2. The van der Waals surface area contributed by atoms with Crippen molar-refractivity contribution in [2.45, 2.75) is 51.6 Å². The number of anilines is 3. The van der Waals surface area contributed by atoms with Crippen LogP contribution in [0.5, 0.6) is 0 Å². The molecule has 0 aromatic carbocycles. The highest BCUT2D eigenvalue weighted by atomic mass is 16.2. The number of amides is 2. The van der Waals surface area contributed by atoms with Gasteiger partial charge in [0, 0.05) is 50.6 Å². The lowest BCUT2D eigenvalue weighted by Crippen LogP contribution is -2.42. The van der Waals surface area contributed by atoms with Crippen LogP contribution in [0.2, 0.25) is 0 Å². The van der Waals surface area contributed by atoms with Crippen molar-refractivity contribution in [1.29, 1.82) is 5.26 Å². The van der Waals surface area contributed by atoms with Crippen LogP contribution in [-0.4, -0.2) is 52.9 Å². The molecule has 0 spiro atoms. The van der Waals surface area contributed by atoms with E-state index >= 15 is 0 Å². The Bertz CT molecular complexity index is 1020. The van der Waals surface area contributed by atoms with Crippen LogP contribution < -0.4 is 16.0 Å². The third-order valence-corrected chi connectivity index (χ3v) is 5.91. The molecular formula is C24H31N7O2. The highest BCUT2D eigenvalue weighted by molar-refractivity contribution is 6.00. The summed E-state index contributed by atoms with van der Waals surface area (Å²) in [4.78, 5) is 35.7. The summed E-state index contributed by atoms with van der Waals surface area (Å²) in [6, 6.07) is 7.42. The van der Waals surface area contributed by atoms with E-state index in [-0.39, 0.29) is 29.8 Å². The minimum atomic E-state index is -0.0999. The van der Waals surface area contributed by atoms with Gasteiger partial charge in [0.2, 0.25) is 5.91 Å². The Kier molecular flexibility index (Phi) is 7.83. The highest BCUT2D eigenvalue weighted by Crippen LogP contribution is 2.29. The number of nitrogens with zero attached hydrogens (tertiary/aromatic N) is 4. The van der Waals surface area contributed by atoms with E-state index in [9.17, 15) is 9.59 Å². The number of hydrogen-bond acceptors (Lipinski definition) is 7. The van der Waals surface area contributed by atoms with E-state index in [0.717, 1.165) is 25.7 Å². The third-order valence-electron chi connectivity index (χ3n) is 5.91. The van der Waals surface area contributed by atoms with Crippen molar-refractivity contribution in [3.8, 4) is 6.07 Å². The molecule has 0 atom stereocenters. The Balaban J connectivity index is 1.75. The van der Waals surface area contributed by atoms with Crippen molar-refractivity contribution in [2.75, 3.05) is 24.7 Å². The molecule has 1 fully saturated rings. The smallest absolute Gasteiger partial charge is 0.257 e. The second kappa shape index (κ2) is 10.8. The SMILES string of the molecule is CNC(=O)C1CCC(N(C)C(=O)c2cnc(Nc3ccc(C#N)cn3)cc2NC(C)C)CC1. The number of hydrogen-bond donors (Lipinski definition) is 3. The van der Waals surface area contributed by atoms with Crippen molar-refractivity contribution in [3.63, 3.8) is 0 Å². The first-order chi connectivity index (χ1) is 15.8. The molecule has 2 aromatic heterocycles. The molecular weight excluding hydrogens is 418 g/mol. The molecule has 3 rings (SSSR count). The van der Waals surface area contributed by atoms with Crippen LogP contribution in [0.1, 0.15) is 55.5 Å². The zero-order valence-corrected chi connectivity index (χ0v) is 19.6. The molecule has 0 radical (unpaired) electrons. The summed E-state index contributed by atoms with van der Waals surface area (Å²) >= 11 is 0. The molecule has 3 N–H and O–H groups in total. The van der Waals surface area contributed by atoms with Crippen molar-refractivity contribution >= 4 is 29.1 Å². The number of nitriles is 1. The van der Waals surface area contributed by atoms with Crippen molar-refractivity contribution < 1.29 is 9.59 Å². The van der Waals surface area contributed by atoms with Gasteiger partial charge in [-0.2, -0.15) is 5.26 Å². The highest BCUT2D eigenvalue weighted by Gasteiger charge is 2.30. The third kappa shape index (κ3) is 5.98. The number of carbonyl (C=O) groups is 2. The first kappa shape index (κ1) is 24.0. The molecule has 9 heteroatoms. The van der Waals surface area contributed by atoms with Crippen molar-refractivity contribution in [1.82, 2.24) is 20.2 Å². The minimum absolute atomic E-state index is 0.0239. The van der Waals surface area contributed by atoms with E-state index in [0.29, 0.717) is 28.5 Å². The summed E-state index contributed by atoms with van der Waals surface area (Å²) in [6.07, 6.45) is 6.21. The molecule has 2 amide bonds. The van der Waals surface area contributed by atoms with E-state index in [1.807, 2.05) is 27.0 Å². The fourth-order valence-electron chi connectivity index (χ4n) is 4.07. The van der Waals surface area contributed by atoms with Gasteiger partial charge >= 0.3 is 0 Å². The summed E-state index contributed by atoms with van der Waals surface area (Å²) < 4.78 is 0. The van der Waals surface area contributed by atoms with Gasteiger partial charge in [0.25, 0.3) is 5.91 Å². The second-order valence-electron chi connectivity index (χ2n) is 8.62. The van der Waals surface area contributed by atoms with Crippen LogP contribution in [0.4, 0.5) is 17.3 Å². The molecule has 2 aromatic rings.